The predicted octanol–water partition coefficient (Wildman–Crippen LogP) is -1.43. The number of halogens is 3. The standard InChI is InChI=1S/C9H17BF3N2.K/c1-9(10(11,12)13)8-15-5-3-4-14(2)6-7-15;/h1,3-8H2,2H3;/q-1;+1. The minimum absolute atomic E-state index is 0. The van der Waals surface area contributed by atoms with Gasteiger partial charge in [0.1, 0.15) is 0 Å². The fraction of sp³-hybridized carbons (Fsp3) is 0.778. The Morgan fingerprint density at radius 2 is 1.81 bits per heavy atom. The Hall–Kier alpha value is 1.15. The Kier molecular flexibility index (Phi) is 8.10. The molecule has 1 fully saturated rings. The molecule has 16 heavy (non-hydrogen) atoms. The van der Waals surface area contributed by atoms with Crippen molar-refractivity contribution in [1.29, 1.82) is 0 Å². The first-order chi connectivity index (χ1) is 6.89. The second-order valence-corrected chi connectivity index (χ2v) is 4.17. The fourth-order valence-electron chi connectivity index (χ4n) is 1.65. The minimum atomic E-state index is -4.87. The van der Waals surface area contributed by atoms with Gasteiger partial charge in [0.05, 0.1) is 0 Å². The third-order valence-corrected chi connectivity index (χ3v) is 2.70. The van der Waals surface area contributed by atoms with E-state index in [9.17, 15) is 12.9 Å². The summed E-state index contributed by atoms with van der Waals surface area (Å²) in [7, 11) is 1.99. The van der Waals surface area contributed by atoms with Gasteiger partial charge in [0, 0.05) is 13.1 Å². The van der Waals surface area contributed by atoms with Crippen molar-refractivity contribution in [1.82, 2.24) is 9.80 Å². The van der Waals surface area contributed by atoms with E-state index in [1.165, 1.54) is 0 Å². The van der Waals surface area contributed by atoms with Crippen LogP contribution in [0.4, 0.5) is 12.9 Å². The van der Waals surface area contributed by atoms with Crippen LogP contribution in [0.5, 0.6) is 0 Å². The van der Waals surface area contributed by atoms with Crippen LogP contribution in [-0.2, 0) is 0 Å². The van der Waals surface area contributed by atoms with Crippen molar-refractivity contribution < 1.29 is 64.3 Å². The van der Waals surface area contributed by atoms with Crippen LogP contribution in [0.3, 0.4) is 0 Å². The summed E-state index contributed by atoms with van der Waals surface area (Å²) in [5, 5.41) is 0. The summed E-state index contributed by atoms with van der Waals surface area (Å²) < 4.78 is 36.9. The molecule has 1 rings (SSSR count). The van der Waals surface area contributed by atoms with Gasteiger partial charge >= 0.3 is 58.4 Å². The van der Waals surface area contributed by atoms with Crippen molar-refractivity contribution in [3.63, 3.8) is 0 Å². The summed E-state index contributed by atoms with van der Waals surface area (Å²) in [5.41, 5.74) is -0.584. The number of nitrogens with zero attached hydrogens (tertiary/aromatic N) is 2. The maximum Gasteiger partial charge on any atom is 1.00 e. The van der Waals surface area contributed by atoms with Crippen LogP contribution in [0.2, 0.25) is 0 Å². The third-order valence-electron chi connectivity index (χ3n) is 2.70. The molecule has 0 bridgehead atoms. The van der Waals surface area contributed by atoms with Gasteiger partial charge in [-0.05, 0) is 33.1 Å². The molecule has 2 nitrogen and oxygen atoms in total. The zero-order valence-corrected chi connectivity index (χ0v) is 13.2. The van der Waals surface area contributed by atoms with Crippen molar-refractivity contribution in [2.24, 2.45) is 0 Å². The Morgan fingerprint density at radius 3 is 2.38 bits per heavy atom. The van der Waals surface area contributed by atoms with Crippen molar-refractivity contribution >= 4 is 6.98 Å². The Labute approximate surface area is 138 Å². The molecular weight excluding hydrogens is 243 g/mol. The van der Waals surface area contributed by atoms with Gasteiger partial charge in [-0.1, -0.05) is 0 Å². The Bertz CT molecular complexity index is 235. The molecule has 1 aliphatic rings. The molecule has 0 aromatic rings. The summed E-state index contributed by atoms with van der Waals surface area (Å²) >= 11 is 0. The number of likely N-dealkylation sites (N-methyl/N-ethyl adjacent to an activating group) is 1. The van der Waals surface area contributed by atoms with Crippen LogP contribution < -0.4 is 51.4 Å². The number of rotatable bonds is 3. The van der Waals surface area contributed by atoms with Gasteiger partial charge in [0.2, 0.25) is 0 Å². The van der Waals surface area contributed by atoms with E-state index in [0.717, 1.165) is 26.1 Å². The second-order valence-electron chi connectivity index (χ2n) is 4.17. The molecule has 7 heteroatoms. The van der Waals surface area contributed by atoms with E-state index in [1.807, 2.05) is 11.9 Å². The topological polar surface area (TPSA) is 6.48 Å². The summed E-state index contributed by atoms with van der Waals surface area (Å²) in [6.45, 7) is 1.43. The van der Waals surface area contributed by atoms with Crippen LogP contribution >= 0.6 is 0 Å². The maximum atomic E-state index is 12.3. The van der Waals surface area contributed by atoms with Gasteiger partial charge in [-0.25, -0.2) is 0 Å². The molecule has 0 atom stereocenters. The van der Waals surface area contributed by atoms with Crippen molar-refractivity contribution in [3.8, 4) is 0 Å². The molecule has 88 valence electrons. The monoisotopic (exact) mass is 260 g/mol. The molecule has 0 aromatic heterocycles. The molecule has 0 saturated carbocycles. The zero-order chi connectivity index (χ0) is 11.5. The zero-order valence-electron chi connectivity index (χ0n) is 10.1. The van der Waals surface area contributed by atoms with E-state index in [2.05, 4.69) is 11.5 Å². The van der Waals surface area contributed by atoms with Gasteiger partial charge in [-0.2, -0.15) is 0 Å². The van der Waals surface area contributed by atoms with Gasteiger partial charge in [-0.3, -0.25) is 0 Å². The van der Waals surface area contributed by atoms with Crippen LogP contribution in [0.1, 0.15) is 6.42 Å². The largest absolute Gasteiger partial charge is 1.00 e. The molecule has 0 N–H and O–H groups in total. The summed E-state index contributed by atoms with van der Waals surface area (Å²) in [5.74, 6) is 0. The fourth-order valence-corrected chi connectivity index (χ4v) is 1.65. The molecule has 1 heterocycles. The van der Waals surface area contributed by atoms with Gasteiger partial charge in [0.25, 0.3) is 0 Å². The smallest absolute Gasteiger partial charge is 0.445 e. The van der Waals surface area contributed by atoms with Crippen molar-refractivity contribution in [2.45, 2.75) is 6.42 Å². The normalized spacial score (nSPS) is 20.0. The maximum absolute atomic E-state index is 12.3. The molecule has 0 unspecified atom stereocenters. The van der Waals surface area contributed by atoms with Crippen LogP contribution in [0.25, 0.3) is 0 Å². The average Bonchev–Trinajstić information content (AvgIpc) is 2.29. The van der Waals surface area contributed by atoms with E-state index in [4.69, 9.17) is 0 Å². The van der Waals surface area contributed by atoms with Crippen LogP contribution in [-0.4, -0.2) is 56.5 Å². The minimum Gasteiger partial charge on any atom is -0.445 e. The van der Waals surface area contributed by atoms with E-state index in [-0.39, 0.29) is 57.9 Å². The molecule has 0 aromatic carbocycles. The molecule has 1 saturated heterocycles. The van der Waals surface area contributed by atoms with E-state index in [1.54, 1.807) is 0 Å². The van der Waals surface area contributed by atoms with Crippen LogP contribution in [0.15, 0.2) is 12.1 Å². The first-order valence-electron chi connectivity index (χ1n) is 5.18. The first-order valence-corrected chi connectivity index (χ1v) is 5.18. The van der Waals surface area contributed by atoms with Crippen molar-refractivity contribution in [2.75, 3.05) is 39.8 Å². The summed E-state index contributed by atoms with van der Waals surface area (Å²) in [6.07, 6.45) is 0.925. The van der Waals surface area contributed by atoms with E-state index >= 15 is 0 Å². The quantitative estimate of drug-likeness (QED) is 0.574. The molecule has 0 aliphatic carbocycles. The Morgan fingerprint density at radius 1 is 1.19 bits per heavy atom. The molecular formula is C9H17BF3KN2. The van der Waals surface area contributed by atoms with Crippen molar-refractivity contribution in [3.05, 3.63) is 12.1 Å². The predicted molar refractivity (Wildman–Crippen MR) is 56.8 cm³/mol. The SMILES string of the molecule is C=C(CN1CCCN(C)CC1)[B-](F)(F)F.[K+]. The molecule has 0 amide bonds. The first kappa shape index (κ1) is 17.2. The van der Waals surface area contributed by atoms with Gasteiger partial charge in [-0.15, -0.1) is 12.1 Å². The third kappa shape index (κ3) is 6.18. The number of hydrogen-bond donors (Lipinski definition) is 0. The average molecular weight is 260 g/mol. The second kappa shape index (κ2) is 7.56. The summed E-state index contributed by atoms with van der Waals surface area (Å²) in [6, 6.07) is 0. The number of hydrogen-bond acceptors (Lipinski definition) is 2. The van der Waals surface area contributed by atoms with E-state index < -0.39 is 12.4 Å². The van der Waals surface area contributed by atoms with Crippen LogP contribution in [0, 0.1) is 0 Å². The summed E-state index contributed by atoms with van der Waals surface area (Å²) in [4.78, 5) is 3.97. The molecule has 0 radical (unpaired) electrons. The van der Waals surface area contributed by atoms with Gasteiger partial charge in [0.15, 0.2) is 0 Å². The molecule has 0 spiro atoms. The Balaban J connectivity index is 0.00000225. The van der Waals surface area contributed by atoms with E-state index in [0.29, 0.717) is 6.54 Å². The van der Waals surface area contributed by atoms with Gasteiger partial charge < -0.3 is 22.7 Å². The molecule has 1 aliphatic heterocycles.